The first kappa shape index (κ1) is 27.1. The van der Waals surface area contributed by atoms with E-state index in [1.54, 1.807) is 35.2 Å². The van der Waals surface area contributed by atoms with Gasteiger partial charge in [0.2, 0.25) is 11.8 Å². The highest BCUT2D eigenvalue weighted by atomic mass is 16.6. The fourth-order valence-electron chi connectivity index (χ4n) is 3.94. The molecule has 1 aliphatic heterocycles. The zero-order chi connectivity index (χ0) is 26.6. The van der Waals surface area contributed by atoms with Gasteiger partial charge in [-0.1, -0.05) is 24.8 Å². The van der Waals surface area contributed by atoms with Crippen molar-refractivity contribution in [3.63, 3.8) is 0 Å². The van der Waals surface area contributed by atoms with E-state index < -0.39 is 17.0 Å². The van der Waals surface area contributed by atoms with Crippen LogP contribution in [0.15, 0.2) is 61.3 Å². The lowest BCUT2D eigenvalue weighted by Crippen LogP contribution is -2.55. The van der Waals surface area contributed by atoms with Crippen LogP contribution in [0.25, 0.3) is 0 Å². The number of pyridine rings is 1. The van der Waals surface area contributed by atoms with E-state index in [1.165, 1.54) is 18.3 Å². The number of piperazine rings is 1. The molecule has 4 amide bonds. The topological polar surface area (TPSA) is 150 Å². The van der Waals surface area contributed by atoms with Gasteiger partial charge in [-0.05, 0) is 53.4 Å². The number of nitro groups is 1. The van der Waals surface area contributed by atoms with Gasteiger partial charge >= 0.3 is 11.8 Å². The zero-order valence-electron chi connectivity index (χ0n) is 20.5. The summed E-state index contributed by atoms with van der Waals surface area (Å²) in [6, 6.07) is 10.8. The number of rotatable bonds is 11. The van der Waals surface area contributed by atoms with Gasteiger partial charge in [0.15, 0.2) is 6.20 Å². The molecule has 1 atom stereocenters. The van der Waals surface area contributed by atoms with Gasteiger partial charge in [0.05, 0.1) is 5.69 Å². The average molecular weight is 510 g/mol. The third-order valence-electron chi connectivity index (χ3n) is 5.92. The van der Waals surface area contributed by atoms with Crippen LogP contribution in [-0.4, -0.2) is 71.4 Å². The maximum atomic E-state index is 13.4. The number of para-hydroxylation sites is 1. The molecule has 196 valence electrons. The number of nitrogens with one attached hydrogen (secondary N) is 3. The fraction of sp³-hybridized carbons (Fsp3) is 0.360. The maximum Gasteiger partial charge on any atom is 0.363 e. The van der Waals surface area contributed by atoms with Crippen molar-refractivity contribution in [2.75, 3.05) is 42.9 Å². The van der Waals surface area contributed by atoms with Gasteiger partial charge in [-0.25, -0.2) is 4.79 Å². The number of hydrogen-bond donors (Lipinski definition) is 3. The number of carbonyl (C=O) groups excluding carboxylic acids is 3. The van der Waals surface area contributed by atoms with Crippen LogP contribution in [0.5, 0.6) is 0 Å². The molecule has 1 aromatic heterocycles. The summed E-state index contributed by atoms with van der Waals surface area (Å²) < 4.78 is 0. The number of aromatic nitrogens is 1. The Hall–Kier alpha value is -4.48. The predicted molar refractivity (Wildman–Crippen MR) is 139 cm³/mol. The van der Waals surface area contributed by atoms with Crippen LogP contribution in [0.1, 0.15) is 19.3 Å². The first-order valence-corrected chi connectivity index (χ1v) is 12.0. The van der Waals surface area contributed by atoms with Gasteiger partial charge in [-0.15, -0.1) is 0 Å². The number of carbonyl (C=O) groups is 3. The van der Waals surface area contributed by atoms with Gasteiger partial charge in [-0.2, -0.15) is 0 Å². The fourth-order valence-corrected chi connectivity index (χ4v) is 3.94. The second kappa shape index (κ2) is 13.6. The predicted octanol–water partition coefficient (Wildman–Crippen LogP) is 2.30. The third kappa shape index (κ3) is 8.30. The molecule has 12 heteroatoms. The van der Waals surface area contributed by atoms with E-state index in [-0.39, 0.29) is 17.6 Å². The zero-order valence-corrected chi connectivity index (χ0v) is 20.5. The van der Waals surface area contributed by atoms with Crippen molar-refractivity contribution in [3.05, 3.63) is 71.4 Å². The summed E-state index contributed by atoms with van der Waals surface area (Å²) in [4.78, 5) is 55.2. The van der Waals surface area contributed by atoms with Crippen molar-refractivity contribution < 1.29 is 19.3 Å². The molecule has 0 bridgehead atoms. The molecule has 0 aliphatic carbocycles. The first-order chi connectivity index (χ1) is 17.9. The molecule has 2 aromatic rings. The minimum atomic E-state index is -0.730. The summed E-state index contributed by atoms with van der Waals surface area (Å²) >= 11 is 0. The standard InChI is InChI=1S/C25H31N7O5/c1-2-23(33)26-13-7-6-10-21(29-25(35)28-19-8-4-3-5-9-19)24(34)31-16-14-30(15-17-31)20-11-12-22(27-18-20)32(36)37/h2-5,8-9,11-12,18,21H,1,6-7,10,13-17H2,(H,26,33)(H2,28,29,35). The summed E-state index contributed by atoms with van der Waals surface area (Å²) in [6.45, 7) is 5.79. The number of hydrogen-bond acceptors (Lipinski definition) is 7. The summed E-state index contributed by atoms with van der Waals surface area (Å²) in [5, 5.41) is 19.1. The largest absolute Gasteiger partial charge is 0.365 e. The molecule has 0 radical (unpaired) electrons. The molecule has 1 fully saturated rings. The normalized spacial score (nSPS) is 13.8. The van der Waals surface area contributed by atoms with Crippen molar-refractivity contribution in [2.45, 2.75) is 25.3 Å². The Bertz CT molecular complexity index is 1090. The van der Waals surface area contributed by atoms with Crippen LogP contribution in [-0.2, 0) is 9.59 Å². The summed E-state index contributed by atoms with van der Waals surface area (Å²) in [6.07, 6.45) is 4.34. The molecular weight excluding hydrogens is 478 g/mol. The second-order valence-electron chi connectivity index (χ2n) is 8.45. The molecule has 1 saturated heterocycles. The minimum absolute atomic E-state index is 0.181. The summed E-state index contributed by atoms with van der Waals surface area (Å²) in [7, 11) is 0. The lowest BCUT2D eigenvalue weighted by molar-refractivity contribution is -0.389. The molecule has 37 heavy (non-hydrogen) atoms. The van der Waals surface area contributed by atoms with Crippen LogP contribution in [0.2, 0.25) is 0 Å². The monoisotopic (exact) mass is 509 g/mol. The van der Waals surface area contributed by atoms with E-state index in [9.17, 15) is 24.5 Å². The third-order valence-corrected chi connectivity index (χ3v) is 5.92. The number of nitrogens with zero attached hydrogens (tertiary/aromatic N) is 4. The van der Waals surface area contributed by atoms with Gasteiger partial charge in [0.1, 0.15) is 6.04 Å². The van der Waals surface area contributed by atoms with E-state index in [4.69, 9.17) is 0 Å². The van der Waals surface area contributed by atoms with Gasteiger partial charge in [-0.3, -0.25) is 9.59 Å². The second-order valence-corrected chi connectivity index (χ2v) is 8.45. The maximum absolute atomic E-state index is 13.4. The molecule has 0 saturated carbocycles. The molecule has 2 heterocycles. The van der Waals surface area contributed by atoms with Gasteiger partial charge in [0.25, 0.3) is 0 Å². The number of anilines is 2. The van der Waals surface area contributed by atoms with Crippen LogP contribution in [0.4, 0.5) is 22.0 Å². The quantitative estimate of drug-likeness (QED) is 0.182. The highest BCUT2D eigenvalue weighted by molar-refractivity contribution is 5.93. The number of unbranched alkanes of at least 4 members (excludes halogenated alkanes) is 1. The van der Waals surface area contributed by atoms with Crippen LogP contribution in [0.3, 0.4) is 0 Å². The van der Waals surface area contributed by atoms with Crippen LogP contribution < -0.4 is 20.9 Å². The van der Waals surface area contributed by atoms with Gasteiger partial charge in [0, 0.05) is 44.5 Å². The first-order valence-electron chi connectivity index (χ1n) is 12.0. The Morgan fingerprint density at radius 1 is 1.08 bits per heavy atom. The smallest absolute Gasteiger partial charge is 0.363 e. The van der Waals surface area contributed by atoms with Crippen LogP contribution >= 0.6 is 0 Å². The highest BCUT2D eigenvalue weighted by Crippen LogP contribution is 2.19. The van der Waals surface area contributed by atoms with Crippen molar-refractivity contribution in [1.29, 1.82) is 0 Å². The van der Waals surface area contributed by atoms with Crippen molar-refractivity contribution >= 4 is 35.0 Å². The van der Waals surface area contributed by atoms with E-state index in [2.05, 4.69) is 27.5 Å². The molecular formula is C25H31N7O5. The molecule has 1 aliphatic rings. The Labute approximate surface area is 214 Å². The van der Waals surface area contributed by atoms with E-state index >= 15 is 0 Å². The van der Waals surface area contributed by atoms with Crippen molar-refractivity contribution in [3.8, 4) is 0 Å². The Morgan fingerprint density at radius 3 is 2.43 bits per heavy atom. The lowest BCUT2D eigenvalue weighted by atomic mass is 10.1. The molecule has 1 unspecified atom stereocenters. The number of amides is 4. The van der Waals surface area contributed by atoms with Crippen molar-refractivity contribution in [2.24, 2.45) is 0 Å². The Balaban J connectivity index is 1.57. The number of benzene rings is 1. The molecule has 3 rings (SSSR count). The van der Waals surface area contributed by atoms with Crippen molar-refractivity contribution in [1.82, 2.24) is 20.5 Å². The Morgan fingerprint density at radius 2 is 1.81 bits per heavy atom. The van der Waals surface area contributed by atoms with E-state index in [0.717, 1.165) is 5.69 Å². The molecule has 0 spiro atoms. The highest BCUT2D eigenvalue weighted by Gasteiger charge is 2.29. The van der Waals surface area contributed by atoms with Gasteiger partial charge < -0.3 is 35.9 Å². The minimum Gasteiger partial charge on any atom is -0.365 e. The van der Waals surface area contributed by atoms with Crippen LogP contribution in [0, 0.1) is 10.1 Å². The summed E-state index contributed by atoms with van der Waals surface area (Å²) in [5.74, 6) is -0.654. The number of urea groups is 1. The average Bonchev–Trinajstić information content (AvgIpc) is 2.92. The summed E-state index contributed by atoms with van der Waals surface area (Å²) in [5.41, 5.74) is 1.36. The van der Waals surface area contributed by atoms with E-state index in [1.807, 2.05) is 11.0 Å². The molecule has 3 N–H and O–H groups in total. The molecule has 12 nitrogen and oxygen atoms in total. The SMILES string of the molecule is C=CC(=O)NCCCCC(NC(=O)Nc1ccccc1)C(=O)N1CCN(c2ccc([N+](=O)[O-])nc2)CC1. The molecule has 1 aromatic carbocycles. The Kier molecular flexibility index (Phi) is 9.94. The lowest BCUT2D eigenvalue weighted by Gasteiger charge is -2.37. The van der Waals surface area contributed by atoms with E-state index in [0.29, 0.717) is 57.7 Å².